The largest absolute Gasteiger partial charge is 0.396 e. The number of rotatable bonds is 7. The smallest absolute Gasteiger partial charge is 0.157 e. The van der Waals surface area contributed by atoms with Crippen molar-refractivity contribution in [3.8, 4) is 0 Å². The van der Waals surface area contributed by atoms with Gasteiger partial charge >= 0.3 is 0 Å². The topological polar surface area (TPSA) is 58.9 Å². The first-order valence-corrected chi connectivity index (χ1v) is 4.16. The molecule has 4 heteroatoms. The highest BCUT2D eigenvalue weighted by Gasteiger charge is 2.20. The molecule has 0 aromatic rings. The third kappa shape index (κ3) is 4.38. The second-order valence-electron chi connectivity index (χ2n) is 2.81. The fourth-order valence-corrected chi connectivity index (χ4v) is 1.05. The van der Waals surface area contributed by atoms with E-state index in [1.807, 2.05) is 0 Å². The van der Waals surface area contributed by atoms with Gasteiger partial charge in [0, 0.05) is 33.2 Å². The van der Waals surface area contributed by atoms with Gasteiger partial charge in [-0.1, -0.05) is 6.08 Å². The van der Waals surface area contributed by atoms with Crippen LogP contribution in [0.3, 0.4) is 0 Å². The van der Waals surface area contributed by atoms with Gasteiger partial charge < -0.3 is 19.7 Å². The number of hydrogen-bond donors (Lipinski definition) is 2. The summed E-state index contributed by atoms with van der Waals surface area (Å²) in [7, 11) is 3.03. The summed E-state index contributed by atoms with van der Waals surface area (Å²) in [5.41, 5.74) is 0. The van der Waals surface area contributed by atoms with Gasteiger partial charge in [0.1, 0.15) is 0 Å². The third-order valence-electron chi connectivity index (χ3n) is 1.98. The predicted molar refractivity (Wildman–Crippen MR) is 49.2 cm³/mol. The fourth-order valence-electron chi connectivity index (χ4n) is 1.05. The summed E-state index contributed by atoms with van der Waals surface area (Å²) in [6.45, 7) is 3.33. The van der Waals surface area contributed by atoms with E-state index in [2.05, 4.69) is 6.58 Å². The Morgan fingerprint density at radius 1 is 1.38 bits per heavy atom. The monoisotopic (exact) mass is 190 g/mol. The molecule has 4 nitrogen and oxygen atoms in total. The molecule has 78 valence electrons. The Labute approximate surface area is 78.8 Å². The normalized spacial score (nSPS) is 15.8. The lowest BCUT2D eigenvalue weighted by Crippen LogP contribution is -2.28. The number of ether oxygens (including phenoxy) is 2. The van der Waals surface area contributed by atoms with Crippen LogP contribution in [0.4, 0.5) is 0 Å². The molecule has 0 unspecified atom stereocenters. The number of aliphatic hydroxyl groups is 2. The van der Waals surface area contributed by atoms with Crippen LogP contribution in [0.15, 0.2) is 12.7 Å². The van der Waals surface area contributed by atoms with Crippen LogP contribution in [-0.2, 0) is 9.47 Å². The van der Waals surface area contributed by atoms with Gasteiger partial charge in [-0.3, -0.25) is 0 Å². The summed E-state index contributed by atoms with van der Waals surface area (Å²) in [6.07, 6.45) is 0.712. The minimum atomic E-state index is -0.724. The van der Waals surface area contributed by atoms with Gasteiger partial charge in [0.25, 0.3) is 0 Å². The number of methoxy groups -OCH3 is 2. The maximum atomic E-state index is 9.37. The zero-order valence-electron chi connectivity index (χ0n) is 8.14. The van der Waals surface area contributed by atoms with Crippen molar-refractivity contribution < 1.29 is 19.7 Å². The maximum Gasteiger partial charge on any atom is 0.157 e. The van der Waals surface area contributed by atoms with Crippen LogP contribution in [-0.4, -0.2) is 43.4 Å². The zero-order chi connectivity index (χ0) is 10.3. The average molecular weight is 190 g/mol. The molecular weight excluding hydrogens is 172 g/mol. The highest BCUT2D eigenvalue weighted by atomic mass is 16.7. The van der Waals surface area contributed by atoms with Crippen molar-refractivity contribution in [3.05, 3.63) is 12.7 Å². The lowest BCUT2D eigenvalue weighted by molar-refractivity contribution is -0.123. The van der Waals surface area contributed by atoms with Crippen molar-refractivity contribution in [3.63, 3.8) is 0 Å². The van der Waals surface area contributed by atoms with E-state index in [9.17, 15) is 5.11 Å². The van der Waals surface area contributed by atoms with Crippen LogP contribution in [0, 0.1) is 5.92 Å². The van der Waals surface area contributed by atoms with Crippen LogP contribution in [0.2, 0.25) is 0 Å². The molecule has 0 aromatic heterocycles. The SMILES string of the molecule is C=C[C@@H](O)[C@H](CO)CC(OC)OC. The van der Waals surface area contributed by atoms with E-state index in [-0.39, 0.29) is 12.5 Å². The Bertz CT molecular complexity index is 134. The van der Waals surface area contributed by atoms with Gasteiger partial charge in [0.15, 0.2) is 6.29 Å². The molecule has 13 heavy (non-hydrogen) atoms. The molecule has 0 aliphatic carbocycles. The minimum Gasteiger partial charge on any atom is -0.396 e. The molecule has 0 heterocycles. The van der Waals surface area contributed by atoms with Crippen molar-refractivity contribution in [2.24, 2.45) is 5.92 Å². The van der Waals surface area contributed by atoms with E-state index in [4.69, 9.17) is 14.6 Å². The predicted octanol–water partition coefficient (Wildman–Crippen LogP) is 0.151. The molecule has 2 atom stereocenters. The molecule has 0 aliphatic rings. The molecule has 0 rings (SSSR count). The van der Waals surface area contributed by atoms with Gasteiger partial charge in [-0.2, -0.15) is 0 Å². The highest BCUT2D eigenvalue weighted by molar-refractivity contribution is 4.84. The van der Waals surface area contributed by atoms with Crippen LogP contribution in [0.5, 0.6) is 0 Å². The summed E-state index contributed by atoms with van der Waals surface area (Å²) < 4.78 is 9.90. The number of aliphatic hydroxyl groups excluding tert-OH is 2. The van der Waals surface area contributed by atoms with E-state index in [0.717, 1.165) is 0 Å². The number of hydrogen-bond acceptors (Lipinski definition) is 4. The van der Waals surface area contributed by atoms with Gasteiger partial charge in [0.05, 0.1) is 6.10 Å². The maximum absolute atomic E-state index is 9.37. The van der Waals surface area contributed by atoms with Crippen molar-refractivity contribution in [1.82, 2.24) is 0 Å². The van der Waals surface area contributed by atoms with Gasteiger partial charge in [-0.25, -0.2) is 0 Å². The van der Waals surface area contributed by atoms with Crippen LogP contribution in [0.25, 0.3) is 0 Å². The first kappa shape index (κ1) is 12.6. The van der Waals surface area contributed by atoms with E-state index >= 15 is 0 Å². The van der Waals surface area contributed by atoms with E-state index in [1.165, 1.54) is 20.3 Å². The molecule has 0 aromatic carbocycles. The van der Waals surface area contributed by atoms with E-state index < -0.39 is 12.4 Å². The molecule has 2 N–H and O–H groups in total. The Morgan fingerprint density at radius 2 is 1.92 bits per heavy atom. The van der Waals surface area contributed by atoms with Crippen molar-refractivity contribution in [1.29, 1.82) is 0 Å². The van der Waals surface area contributed by atoms with Gasteiger partial charge in [-0.05, 0) is 0 Å². The van der Waals surface area contributed by atoms with Crippen LogP contribution in [0.1, 0.15) is 6.42 Å². The molecular formula is C9H18O4. The summed E-state index contributed by atoms with van der Waals surface area (Å²) >= 11 is 0. The third-order valence-corrected chi connectivity index (χ3v) is 1.98. The van der Waals surface area contributed by atoms with Crippen LogP contribution >= 0.6 is 0 Å². The average Bonchev–Trinajstić information content (AvgIpc) is 2.19. The quantitative estimate of drug-likeness (QED) is 0.443. The Hall–Kier alpha value is -0.420. The molecule has 0 radical (unpaired) electrons. The second kappa shape index (κ2) is 7.03. The first-order chi connectivity index (χ1) is 6.19. The fraction of sp³-hybridized carbons (Fsp3) is 0.778. The molecule has 0 saturated heterocycles. The minimum absolute atomic E-state index is 0.115. The van der Waals surface area contributed by atoms with Gasteiger partial charge in [0.2, 0.25) is 0 Å². The van der Waals surface area contributed by atoms with Gasteiger partial charge in [-0.15, -0.1) is 6.58 Å². The molecule has 0 aliphatic heterocycles. The van der Waals surface area contributed by atoms with Crippen LogP contribution < -0.4 is 0 Å². The molecule has 0 bridgehead atoms. The van der Waals surface area contributed by atoms with E-state index in [0.29, 0.717) is 6.42 Å². The van der Waals surface area contributed by atoms with Crippen molar-refractivity contribution in [2.75, 3.05) is 20.8 Å². The lowest BCUT2D eigenvalue weighted by Gasteiger charge is -2.22. The summed E-state index contributed by atoms with van der Waals surface area (Å²) in [5, 5.41) is 18.3. The first-order valence-electron chi connectivity index (χ1n) is 4.16. The lowest BCUT2D eigenvalue weighted by atomic mass is 9.99. The second-order valence-corrected chi connectivity index (χ2v) is 2.81. The van der Waals surface area contributed by atoms with Crippen molar-refractivity contribution >= 4 is 0 Å². The van der Waals surface area contributed by atoms with Crippen molar-refractivity contribution in [2.45, 2.75) is 18.8 Å². The molecule has 0 saturated carbocycles. The molecule has 0 fully saturated rings. The molecule has 0 spiro atoms. The summed E-state index contributed by atoms with van der Waals surface area (Å²) in [6, 6.07) is 0. The summed E-state index contributed by atoms with van der Waals surface area (Å²) in [4.78, 5) is 0. The Balaban J connectivity index is 4.01. The zero-order valence-corrected chi connectivity index (χ0v) is 8.14. The Morgan fingerprint density at radius 3 is 2.23 bits per heavy atom. The summed E-state index contributed by atoms with van der Waals surface area (Å²) in [5.74, 6) is -0.289. The Kier molecular flexibility index (Phi) is 6.80. The highest BCUT2D eigenvalue weighted by Crippen LogP contribution is 2.14. The standard InChI is InChI=1S/C9H18O4/c1-4-8(11)7(6-10)5-9(12-2)13-3/h4,7-11H,1,5-6H2,2-3H3/t7-,8+/m0/s1. The van der Waals surface area contributed by atoms with E-state index in [1.54, 1.807) is 0 Å². The molecule has 0 amide bonds.